The van der Waals surface area contributed by atoms with Crippen LogP contribution in [-0.4, -0.2) is 19.9 Å². The first-order valence-corrected chi connectivity index (χ1v) is 6.61. The van der Waals surface area contributed by atoms with Crippen LogP contribution in [0.5, 0.6) is 0 Å². The molecular formula is C13H10N6OS. The third-order valence-electron chi connectivity index (χ3n) is 3.25. The van der Waals surface area contributed by atoms with Gasteiger partial charge in [0.1, 0.15) is 17.2 Å². The lowest BCUT2D eigenvalue weighted by Crippen LogP contribution is -2.07. The van der Waals surface area contributed by atoms with Crippen LogP contribution in [0.25, 0.3) is 22.6 Å². The van der Waals surface area contributed by atoms with E-state index in [1.165, 1.54) is 0 Å². The Morgan fingerprint density at radius 2 is 1.90 bits per heavy atom. The van der Waals surface area contributed by atoms with E-state index in [-0.39, 0.29) is 10.3 Å². The fourth-order valence-electron chi connectivity index (χ4n) is 2.33. The Hall–Kier alpha value is -2.87. The van der Waals surface area contributed by atoms with E-state index in [1.807, 2.05) is 18.2 Å². The molecule has 7 nitrogen and oxygen atoms in total. The predicted molar refractivity (Wildman–Crippen MR) is 83.7 cm³/mol. The van der Waals surface area contributed by atoms with E-state index in [1.54, 1.807) is 0 Å². The molecule has 8 heteroatoms. The van der Waals surface area contributed by atoms with Gasteiger partial charge in [-0.05, 0) is 30.4 Å². The Labute approximate surface area is 123 Å². The zero-order valence-electron chi connectivity index (χ0n) is 10.7. The van der Waals surface area contributed by atoms with Crippen molar-refractivity contribution in [1.29, 1.82) is 0 Å². The van der Waals surface area contributed by atoms with Gasteiger partial charge in [-0.2, -0.15) is 0 Å². The van der Waals surface area contributed by atoms with Gasteiger partial charge in [-0.25, -0.2) is 4.98 Å². The fraction of sp³-hybridized carbons (Fsp3) is 0. The molecule has 0 fully saturated rings. The van der Waals surface area contributed by atoms with Crippen LogP contribution in [0.15, 0.2) is 35.4 Å². The van der Waals surface area contributed by atoms with Gasteiger partial charge in [0.25, 0.3) is 5.56 Å². The van der Waals surface area contributed by atoms with E-state index in [0.717, 1.165) is 22.8 Å². The molecule has 0 radical (unpaired) electrons. The van der Waals surface area contributed by atoms with E-state index in [9.17, 15) is 4.79 Å². The number of aromatic amines is 3. The topological polar surface area (TPSA) is 101 Å². The number of nitrogens with one attached hydrogen (secondary N) is 5. The molecular weight excluding hydrogens is 288 g/mol. The summed E-state index contributed by atoms with van der Waals surface area (Å²) >= 11 is 4.94. The predicted octanol–water partition coefficient (Wildman–Crippen LogP) is 2.28. The van der Waals surface area contributed by atoms with Gasteiger partial charge in [0.2, 0.25) is 0 Å². The van der Waals surface area contributed by atoms with Crippen LogP contribution >= 0.6 is 12.2 Å². The maximum Gasteiger partial charge on any atom is 0.277 e. The Bertz CT molecular complexity index is 1010. The summed E-state index contributed by atoms with van der Waals surface area (Å²) in [6, 6.07) is 5.77. The molecule has 0 bridgehead atoms. The summed E-state index contributed by atoms with van der Waals surface area (Å²) in [5.74, 6) is 1.32. The van der Waals surface area contributed by atoms with Gasteiger partial charge >= 0.3 is 0 Å². The summed E-state index contributed by atoms with van der Waals surface area (Å²) in [6.45, 7) is 3.82. The molecule has 3 heterocycles. The lowest BCUT2D eigenvalue weighted by molar-refractivity contribution is 1.12. The van der Waals surface area contributed by atoms with Gasteiger partial charge in [-0.3, -0.25) is 9.78 Å². The van der Waals surface area contributed by atoms with E-state index in [0.29, 0.717) is 17.0 Å². The molecule has 1 aliphatic rings. The highest BCUT2D eigenvalue weighted by Crippen LogP contribution is 2.33. The molecule has 1 aromatic carbocycles. The summed E-state index contributed by atoms with van der Waals surface area (Å²) in [4.78, 5) is 24.6. The quantitative estimate of drug-likeness (QED) is 0.444. The average molecular weight is 298 g/mol. The number of anilines is 2. The minimum atomic E-state index is -0.290. The molecule has 0 spiro atoms. The SMILES string of the molecule is C=C1Nc2ccc(-c3nc4[nH]c(=S)[nH]c(=O)c4[nH]3)cc2N1. The van der Waals surface area contributed by atoms with Crippen LogP contribution in [0.4, 0.5) is 11.4 Å². The zero-order valence-corrected chi connectivity index (χ0v) is 11.5. The first-order chi connectivity index (χ1) is 10.1. The smallest absolute Gasteiger partial charge is 0.277 e. The Balaban J connectivity index is 1.90. The molecule has 0 saturated carbocycles. The zero-order chi connectivity index (χ0) is 14.6. The maximum absolute atomic E-state index is 11.8. The van der Waals surface area contributed by atoms with Gasteiger partial charge in [-0.1, -0.05) is 6.58 Å². The van der Waals surface area contributed by atoms with Crippen LogP contribution in [0.3, 0.4) is 0 Å². The summed E-state index contributed by atoms with van der Waals surface area (Å²) < 4.78 is 0.252. The molecule has 104 valence electrons. The van der Waals surface area contributed by atoms with E-state index in [2.05, 4.69) is 37.1 Å². The largest absolute Gasteiger partial charge is 0.341 e. The number of hydrogen-bond donors (Lipinski definition) is 5. The van der Waals surface area contributed by atoms with Crippen molar-refractivity contribution in [3.63, 3.8) is 0 Å². The summed E-state index contributed by atoms with van der Waals surface area (Å²) in [5, 5.41) is 6.23. The standard InChI is InChI=1S/C13H10N6OS/c1-5-14-7-3-2-6(4-8(7)15-5)10-16-9-11(17-10)18-13(21)19-12(9)20/h2-4,14-15H,1H2,(H3,16,17,18,19,20,21). The molecule has 0 aliphatic carbocycles. The number of fused-ring (bicyclic) bond motifs is 2. The number of rotatable bonds is 1. The van der Waals surface area contributed by atoms with Gasteiger partial charge in [0, 0.05) is 5.56 Å². The fourth-order valence-corrected chi connectivity index (χ4v) is 2.52. The van der Waals surface area contributed by atoms with Crippen LogP contribution < -0.4 is 16.2 Å². The number of aromatic nitrogens is 4. The number of H-pyrrole nitrogens is 3. The van der Waals surface area contributed by atoms with Gasteiger partial charge in [-0.15, -0.1) is 0 Å². The molecule has 0 amide bonds. The van der Waals surface area contributed by atoms with Crippen molar-refractivity contribution >= 4 is 34.8 Å². The van der Waals surface area contributed by atoms with Crippen LogP contribution in [0.2, 0.25) is 0 Å². The minimum Gasteiger partial charge on any atom is -0.341 e. The number of imidazole rings is 1. The van der Waals surface area contributed by atoms with Crippen molar-refractivity contribution in [2.75, 3.05) is 10.6 Å². The highest BCUT2D eigenvalue weighted by atomic mass is 32.1. The Morgan fingerprint density at radius 3 is 2.76 bits per heavy atom. The molecule has 21 heavy (non-hydrogen) atoms. The third-order valence-corrected chi connectivity index (χ3v) is 3.46. The molecule has 0 saturated heterocycles. The first kappa shape index (κ1) is 11.9. The lowest BCUT2D eigenvalue weighted by Gasteiger charge is -2.00. The van der Waals surface area contributed by atoms with Crippen molar-refractivity contribution < 1.29 is 0 Å². The van der Waals surface area contributed by atoms with E-state index in [4.69, 9.17) is 12.2 Å². The lowest BCUT2D eigenvalue weighted by atomic mass is 10.1. The van der Waals surface area contributed by atoms with Crippen LogP contribution in [0.1, 0.15) is 0 Å². The Morgan fingerprint density at radius 1 is 1.10 bits per heavy atom. The first-order valence-electron chi connectivity index (χ1n) is 6.20. The molecule has 1 aliphatic heterocycles. The maximum atomic E-state index is 11.8. The van der Waals surface area contributed by atoms with Crippen molar-refractivity contribution in [3.8, 4) is 11.4 Å². The molecule has 0 unspecified atom stereocenters. The minimum absolute atomic E-state index is 0.252. The highest BCUT2D eigenvalue weighted by molar-refractivity contribution is 7.71. The van der Waals surface area contributed by atoms with Crippen molar-refractivity contribution in [2.24, 2.45) is 0 Å². The highest BCUT2D eigenvalue weighted by Gasteiger charge is 2.15. The second-order valence-electron chi connectivity index (χ2n) is 4.71. The normalized spacial score (nSPS) is 13.0. The third kappa shape index (κ3) is 1.84. The number of nitrogens with zero attached hydrogens (tertiary/aromatic N) is 1. The average Bonchev–Trinajstić information content (AvgIpc) is 2.99. The second kappa shape index (κ2) is 4.06. The van der Waals surface area contributed by atoms with Crippen LogP contribution in [0, 0.1) is 4.77 Å². The molecule has 0 atom stereocenters. The van der Waals surface area contributed by atoms with Gasteiger partial charge in [0.15, 0.2) is 10.4 Å². The monoisotopic (exact) mass is 298 g/mol. The second-order valence-corrected chi connectivity index (χ2v) is 5.11. The van der Waals surface area contributed by atoms with Crippen molar-refractivity contribution in [1.82, 2.24) is 19.9 Å². The Kier molecular flexibility index (Phi) is 2.30. The van der Waals surface area contributed by atoms with E-state index >= 15 is 0 Å². The van der Waals surface area contributed by atoms with Crippen molar-refractivity contribution in [2.45, 2.75) is 0 Å². The molecule has 2 aromatic heterocycles. The van der Waals surface area contributed by atoms with Crippen molar-refractivity contribution in [3.05, 3.63) is 45.7 Å². The molecule has 3 aromatic rings. The molecule has 4 rings (SSSR count). The van der Waals surface area contributed by atoms with Gasteiger partial charge < -0.3 is 20.6 Å². The number of benzene rings is 1. The summed E-state index contributed by atoms with van der Waals surface area (Å²) in [6.07, 6.45) is 0. The summed E-state index contributed by atoms with van der Waals surface area (Å²) in [7, 11) is 0. The van der Waals surface area contributed by atoms with Gasteiger partial charge in [0.05, 0.1) is 11.4 Å². The van der Waals surface area contributed by atoms with Crippen LogP contribution in [-0.2, 0) is 0 Å². The van der Waals surface area contributed by atoms with E-state index < -0.39 is 0 Å². The molecule has 5 N–H and O–H groups in total. The number of hydrogen-bond acceptors (Lipinski definition) is 5. The summed E-state index contributed by atoms with van der Waals surface area (Å²) in [5.41, 5.74) is 3.25.